The smallest absolute Gasteiger partial charge is 0.287 e. The van der Waals surface area contributed by atoms with Crippen molar-refractivity contribution in [3.8, 4) is 5.95 Å². The highest BCUT2D eigenvalue weighted by Gasteiger charge is 2.37. The molecule has 2 aromatic rings. The molecule has 4 nitrogen and oxygen atoms in total. The SMILES string of the molecule is CCOc1ccc(C(=O)NC2(c3ccc(F)cc3)CCCC2)o1. The molecule has 1 aliphatic carbocycles. The van der Waals surface area contributed by atoms with E-state index in [1.807, 2.05) is 6.92 Å². The van der Waals surface area contributed by atoms with Gasteiger partial charge in [-0.15, -0.1) is 0 Å². The van der Waals surface area contributed by atoms with E-state index in [1.54, 1.807) is 24.3 Å². The van der Waals surface area contributed by atoms with E-state index in [1.165, 1.54) is 12.1 Å². The van der Waals surface area contributed by atoms with E-state index in [2.05, 4.69) is 5.32 Å². The Labute approximate surface area is 134 Å². The van der Waals surface area contributed by atoms with Crippen LogP contribution in [0.2, 0.25) is 0 Å². The fourth-order valence-electron chi connectivity index (χ4n) is 3.17. The van der Waals surface area contributed by atoms with Crippen molar-refractivity contribution < 1.29 is 18.3 Å². The van der Waals surface area contributed by atoms with Crippen molar-refractivity contribution in [1.29, 1.82) is 0 Å². The zero-order valence-electron chi connectivity index (χ0n) is 13.1. The molecule has 1 aromatic carbocycles. The monoisotopic (exact) mass is 317 g/mol. The predicted octanol–water partition coefficient (Wildman–Crippen LogP) is 4.02. The molecule has 1 aliphatic rings. The summed E-state index contributed by atoms with van der Waals surface area (Å²) < 4.78 is 23.8. The van der Waals surface area contributed by atoms with Gasteiger partial charge < -0.3 is 14.5 Å². The standard InChI is InChI=1S/C18H20FNO3/c1-2-22-16-10-9-15(23-16)17(21)20-18(11-3-4-12-18)13-5-7-14(19)8-6-13/h5-10H,2-4,11-12H2,1H3,(H,20,21). The molecule has 23 heavy (non-hydrogen) atoms. The van der Waals surface area contributed by atoms with Crippen LogP contribution in [0.1, 0.15) is 48.7 Å². The second-order valence-electron chi connectivity index (χ2n) is 5.80. The summed E-state index contributed by atoms with van der Waals surface area (Å²) in [5.41, 5.74) is 0.477. The van der Waals surface area contributed by atoms with Crippen LogP contribution >= 0.6 is 0 Å². The Morgan fingerprint density at radius 3 is 2.57 bits per heavy atom. The normalized spacial score (nSPS) is 16.3. The van der Waals surface area contributed by atoms with Crippen molar-refractivity contribution in [1.82, 2.24) is 5.32 Å². The number of benzene rings is 1. The van der Waals surface area contributed by atoms with Gasteiger partial charge in [-0.25, -0.2) is 4.39 Å². The zero-order valence-corrected chi connectivity index (χ0v) is 13.1. The molecule has 0 spiro atoms. The largest absolute Gasteiger partial charge is 0.465 e. The van der Waals surface area contributed by atoms with Gasteiger partial charge in [-0.05, 0) is 43.5 Å². The Bertz CT molecular complexity index is 672. The minimum Gasteiger partial charge on any atom is -0.465 e. The topological polar surface area (TPSA) is 51.5 Å². The minimum absolute atomic E-state index is 0.224. The summed E-state index contributed by atoms with van der Waals surface area (Å²) in [7, 11) is 0. The lowest BCUT2D eigenvalue weighted by molar-refractivity contribution is 0.0861. The number of ether oxygens (including phenoxy) is 1. The first-order chi connectivity index (χ1) is 11.1. The third-order valence-electron chi connectivity index (χ3n) is 4.30. The van der Waals surface area contributed by atoms with Crippen LogP contribution < -0.4 is 10.1 Å². The summed E-state index contributed by atoms with van der Waals surface area (Å²) >= 11 is 0. The molecule has 1 saturated carbocycles. The Kier molecular flexibility index (Phi) is 4.37. The molecular weight excluding hydrogens is 297 g/mol. The van der Waals surface area contributed by atoms with E-state index in [-0.39, 0.29) is 17.5 Å². The van der Waals surface area contributed by atoms with Gasteiger partial charge in [-0.2, -0.15) is 0 Å². The lowest BCUT2D eigenvalue weighted by atomic mass is 9.88. The van der Waals surface area contributed by atoms with Crippen LogP contribution in [0.15, 0.2) is 40.8 Å². The Balaban J connectivity index is 1.81. The minimum atomic E-state index is -0.455. The Hall–Kier alpha value is -2.30. The van der Waals surface area contributed by atoms with Crippen LogP contribution in [0, 0.1) is 5.82 Å². The second-order valence-corrected chi connectivity index (χ2v) is 5.80. The van der Waals surface area contributed by atoms with Crippen molar-refractivity contribution >= 4 is 5.91 Å². The molecule has 1 heterocycles. The van der Waals surface area contributed by atoms with Gasteiger partial charge in [0.1, 0.15) is 5.82 Å². The van der Waals surface area contributed by atoms with Gasteiger partial charge in [0.05, 0.1) is 12.1 Å². The van der Waals surface area contributed by atoms with Gasteiger partial charge >= 0.3 is 0 Å². The van der Waals surface area contributed by atoms with E-state index in [0.717, 1.165) is 31.2 Å². The van der Waals surface area contributed by atoms with Gasteiger partial charge in [-0.3, -0.25) is 4.79 Å². The van der Waals surface area contributed by atoms with Gasteiger partial charge in [0.2, 0.25) is 0 Å². The van der Waals surface area contributed by atoms with Gasteiger partial charge in [0, 0.05) is 6.07 Å². The molecule has 0 saturated heterocycles. The number of carbonyl (C=O) groups is 1. The molecule has 0 unspecified atom stereocenters. The highest BCUT2D eigenvalue weighted by Crippen LogP contribution is 2.39. The molecule has 5 heteroatoms. The van der Waals surface area contributed by atoms with Crippen molar-refractivity contribution in [2.24, 2.45) is 0 Å². The Morgan fingerprint density at radius 2 is 1.91 bits per heavy atom. The Morgan fingerprint density at radius 1 is 1.22 bits per heavy atom. The summed E-state index contributed by atoms with van der Waals surface area (Å²) in [6, 6.07) is 9.60. The molecule has 1 fully saturated rings. The number of rotatable bonds is 5. The molecule has 1 aromatic heterocycles. The summed E-state index contributed by atoms with van der Waals surface area (Å²) in [5, 5.41) is 3.09. The second kappa shape index (κ2) is 6.44. The van der Waals surface area contributed by atoms with Crippen LogP contribution in [0.5, 0.6) is 5.95 Å². The maximum Gasteiger partial charge on any atom is 0.287 e. The van der Waals surface area contributed by atoms with Gasteiger partial charge in [0.25, 0.3) is 11.9 Å². The first-order valence-corrected chi connectivity index (χ1v) is 7.94. The third kappa shape index (κ3) is 3.23. The quantitative estimate of drug-likeness (QED) is 0.906. The summed E-state index contributed by atoms with van der Waals surface area (Å²) in [5.74, 6) is 0.00420. The molecule has 1 amide bonds. The van der Waals surface area contributed by atoms with E-state index in [4.69, 9.17) is 9.15 Å². The molecule has 0 aliphatic heterocycles. The van der Waals surface area contributed by atoms with Crippen molar-refractivity contribution in [3.63, 3.8) is 0 Å². The summed E-state index contributed by atoms with van der Waals surface area (Å²) in [6.07, 6.45) is 3.73. The average Bonchev–Trinajstić information content (AvgIpc) is 3.18. The van der Waals surface area contributed by atoms with Crippen LogP contribution in [0.25, 0.3) is 0 Å². The van der Waals surface area contributed by atoms with E-state index < -0.39 is 5.54 Å². The van der Waals surface area contributed by atoms with E-state index in [9.17, 15) is 9.18 Å². The number of hydrogen-bond acceptors (Lipinski definition) is 3. The number of carbonyl (C=O) groups excluding carboxylic acids is 1. The van der Waals surface area contributed by atoms with Crippen molar-refractivity contribution in [3.05, 3.63) is 53.5 Å². The van der Waals surface area contributed by atoms with Crippen LogP contribution in [-0.2, 0) is 5.54 Å². The van der Waals surface area contributed by atoms with Gasteiger partial charge in [0.15, 0.2) is 5.76 Å². The van der Waals surface area contributed by atoms with E-state index >= 15 is 0 Å². The average molecular weight is 317 g/mol. The predicted molar refractivity (Wildman–Crippen MR) is 83.9 cm³/mol. The lowest BCUT2D eigenvalue weighted by Crippen LogP contribution is -2.43. The van der Waals surface area contributed by atoms with Crippen molar-refractivity contribution in [2.45, 2.75) is 38.1 Å². The third-order valence-corrected chi connectivity index (χ3v) is 4.30. The zero-order chi connectivity index (χ0) is 16.3. The lowest BCUT2D eigenvalue weighted by Gasteiger charge is -2.30. The molecule has 3 rings (SSSR count). The van der Waals surface area contributed by atoms with Gasteiger partial charge in [-0.1, -0.05) is 25.0 Å². The first kappa shape index (κ1) is 15.6. The first-order valence-electron chi connectivity index (χ1n) is 7.94. The number of halogens is 1. The summed E-state index contributed by atoms with van der Waals surface area (Å²) in [4.78, 5) is 12.5. The molecule has 122 valence electrons. The maximum atomic E-state index is 13.2. The van der Waals surface area contributed by atoms with Crippen LogP contribution in [-0.4, -0.2) is 12.5 Å². The number of amides is 1. The fourth-order valence-corrected chi connectivity index (χ4v) is 3.17. The fraction of sp³-hybridized carbons (Fsp3) is 0.389. The van der Waals surface area contributed by atoms with Crippen LogP contribution in [0.4, 0.5) is 4.39 Å². The molecular formula is C18H20FNO3. The molecule has 1 N–H and O–H groups in total. The number of hydrogen-bond donors (Lipinski definition) is 1. The highest BCUT2D eigenvalue weighted by molar-refractivity contribution is 5.92. The maximum absolute atomic E-state index is 13.2. The van der Waals surface area contributed by atoms with Crippen molar-refractivity contribution in [2.75, 3.05) is 6.61 Å². The number of nitrogens with one attached hydrogen (secondary N) is 1. The van der Waals surface area contributed by atoms with Crippen LogP contribution in [0.3, 0.4) is 0 Å². The molecule has 0 radical (unpaired) electrons. The molecule has 0 bridgehead atoms. The summed E-state index contributed by atoms with van der Waals surface area (Å²) in [6.45, 7) is 2.33. The molecule has 0 atom stereocenters. The highest BCUT2D eigenvalue weighted by atomic mass is 19.1. The number of furan rings is 1. The van der Waals surface area contributed by atoms with E-state index in [0.29, 0.717) is 12.6 Å².